The quantitative estimate of drug-likeness (QED) is 0.569. The molecule has 3 rings (SSSR count). The molecule has 19 heavy (non-hydrogen) atoms. The molecule has 6 heteroatoms. The summed E-state index contributed by atoms with van der Waals surface area (Å²) in [5.74, 6) is -0.994. The van der Waals surface area contributed by atoms with Gasteiger partial charge in [-0.3, -0.25) is 4.79 Å². The van der Waals surface area contributed by atoms with Gasteiger partial charge in [-0.1, -0.05) is 0 Å². The zero-order chi connectivity index (χ0) is 12.9. The van der Waals surface area contributed by atoms with Gasteiger partial charge >= 0.3 is 18.9 Å². The maximum absolute atomic E-state index is 11.6. The van der Waals surface area contributed by atoms with E-state index in [-0.39, 0.29) is 37.2 Å². The Hall–Kier alpha value is -1.44. The topological polar surface area (TPSA) is 72.5 Å². The average molecular weight is 252 g/mol. The fourth-order valence-corrected chi connectivity index (χ4v) is 2.93. The smallest absolute Gasteiger partial charge is 0.548 e. The molecule has 1 N–H and O–H groups in total. The molecule has 2 aliphatic heterocycles. The van der Waals surface area contributed by atoms with Crippen LogP contribution in [0, 0.1) is 6.92 Å². The van der Waals surface area contributed by atoms with Crippen LogP contribution in [0.2, 0.25) is 0 Å². The molecule has 0 saturated heterocycles. The number of carbonyl (C=O) groups excluding carboxylic acids is 2. The van der Waals surface area contributed by atoms with Crippen LogP contribution in [0.4, 0.5) is 11.4 Å². The Bertz CT molecular complexity index is 559. The summed E-state index contributed by atoms with van der Waals surface area (Å²) in [7, 11) is 0. The molecule has 0 radical (unpaired) electrons. The predicted molar refractivity (Wildman–Crippen MR) is 64.4 cm³/mol. The van der Waals surface area contributed by atoms with Crippen molar-refractivity contribution >= 4 is 23.3 Å². The fourth-order valence-electron chi connectivity index (χ4n) is 2.93. The zero-order valence-electron chi connectivity index (χ0n) is 11.0. The summed E-state index contributed by atoms with van der Waals surface area (Å²) in [5, 5.41) is 13.6. The number of aryl methyl sites for hydroxylation is 1. The van der Waals surface area contributed by atoms with Gasteiger partial charge in [0.05, 0.1) is 12.5 Å². The van der Waals surface area contributed by atoms with E-state index in [1.165, 1.54) is 0 Å². The van der Waals surface area contributed by atoms with E-state index >= 15 is 0 Å². The summed E-state index contributed by atoms with van der Waals surface area (Å²) >= 11 is 0. The second kappa shape index (κ2) is 4.91. The first kappa shape index (κ1) is 14.0. The number of nitrogens with zero attached hydrogens (tertiary/aromatic N) is 1. The van der Waals surface area contributed by atoms with Crippen LogP contribution < -0.4 is 34.2 Å². The molecule has 2 aliphatic rings. The minimum Gasteiger partial charge on any atom is -0.548 e. The molecule has 0 fully saturated rings. The van der Waals surface area contributed by atoms with Crippen molar-refractivity contribution in [2.24, 2.45) is 0 Å². The molecule has 1 aromatic rings. The van der Waals surface area contributed by atoms with Crippen molar-refractivity contribution in [3.8, 4) is 0 Å². The van der Waals surface area contributed by atoms with E-state index in [2.05, 4.69) is 5.32 Å². The molecule has 0 saturated carbocycles. The van der Waals surface area contributed by atoms with Gasteiger partial charge in [0.25, 0.3) is 0 Å². The number of rotatable bonds is 2. The minimum absolute atomic E-state index is 0. The molecule has 0 spiro atoms. The Morgan fingerprint density at radius 2 is 2.26 bits per heavy atom. The molecule has 94 valence electrons. The van der Waals surface area contributed by atoms with Crippen molar-refractivity contribution in [1.29, 1.82) is 0 Å². The predicted octanol–water partition coefficient (Wildman–Crippen LogP) is -3.01. The standard InChI is InChI=1S/C13H14N2O3.Li/c1-7-2-9-13-8(4-11(16)14-9)5-15(6-12(17)18)10(13)3-7;/h2-3,8H,4-6H2,1H3,(H,14,16)(H,17,18);/q;+1/p-1. The van der Waals surface area contributed by atoms with Crippen molar-refractivity contribution in [1.82, 2.24) is 0 Å². The van der Waals surface area contributed by atoms with Gasteiger partial charge in [-0.25, -0.2) is 0 Å². The van der Waals surface area contributed by atoms with Gasteiger partial charge in [0.15, 0.2) is 0 Å². The number of nitrogens with one attached hydrogen (secondary N) is 1. The van der Waals surface area contributed by atoms with Gasteiger partial charge in [-0.05, 0) is 24.6 Å². The summed E-state index contributed by atoms with van der Waals surface area (Å²) in [4.78, 5) is 24.2. The Morgan fingerprint density at radius 1 is 1.53 bits per heavy atom. The number of amides is 1. The van der Waals surface area contributed by atoms with E-state index in [9.17, 15) is 14.7 Å². The second-order valence-corrected chi connectivity index (χ2v) is 4.95. The molecule has 1 amide bonds. The first-order valence-corrected chi connectivity index (χ1v) is 5.94. The first-order chi connectivity index (χ1) is 8.54. The normalized spacial score (nSPS) is 19.5. The van der Waals surface area contributed by atoms with Crippen LogP contribution in [0.15, 0.2) is 12.1 Å². The molecule has 1 unspecified atom stereocenters. The monoisotopic (exact) mass is 252 g/mol. The van der Waals surface area contributed by atoms with E-state index in [0.717, 1.165) is 22.5 Å². The SMILES string of the molecule is Cc1cc2c3c(c1)N(CC(=O)[O-])CC3CC(=O)N2.[Li+]. The summed E-state index contributed by atoms with van der Waals surface area (Å²) in [6.07, 6.45) is 0.423. The van der Waals surface area contributed by atoms with Crippen LogP contribution in [0.5, 0.6) is 0 Å². The number of anilines is 2. The Kier molecular flexibility index (Phi) is 3.61. The number of hydrogen-bond acceptors (Lipinski definition) is 4. The molecular weight excluding hydrogens is 239 g/mol. The molecule has 1 aromatic carbocycles. The third-order valence-electron chi connectivity index (χ3n) is 3.52. The van der Waals surface area contributed by atoms with Gasteiger partial charge in [0.2, 0.25) is 5.91 Å². The van der Waals surface area contributed by atoms with Crippen LogP contribution in [-0.4, -0.2) is 25.0 Å². The van der Waals surface area contributed by atoms with Gasteiger partial charge in [-0.15, -0.1) is 0 Å². The number of carbonyl (C=O) groups is 2. The Labute approximate surface area is 123 Å². The van der Waals surface area contributed by atoms with E-state index in [1.807, 2.05) is 19.1 Å². The van der Waals surface area contributed by atoms with Crippen LogP contribution >= 0.6 is 0 Å². The fraction of sp³-hybridized carbons (Fsp3) is 0.385. The number of benzene rings is 1. The van der Waals surface area contributed by atoms with Crippen molar-refractivity contribution in [3.05, 3.63) is 23.3 Å². The number of hydrogen-bond donors (Lipinski definition) is 1. The van der Waals surface area contributed by atoms with Crippen LogP contribution in [-0.2, 0) is 9.59 Å². The summed E-state index contributed by atoms with van der Waals surface area (Å²) < 4.78 is 0. The maximum atomic E-state index is 11.6. The van der Waals surface area contributed by atoms with Gasteiger partial charge in [0, 0.05) is 35.8 Å². The van der Waals surface area contributed by atoms with Gasteiger partial charge < -0.3 is 20.1 Å². The Balaban J connectivity index is 0.00000133. The van der Waals surface area contributed by atoms with Gasteiger partial charge in [-0.2, -0.15) is 0 Å². The first-order valence-electron chi connectivity index (χ1n) is 5.94. The Morgan fingerprint density at radius 3 is 2.95 bits per heavy atom. The molecule has 0 bridgehead atoms. The van der Waals surface area contributed by atoms with Crippen LogP contribution in [0.1, 0.15) is 23.5 Å². The zero-order valence-corrected chi connectivity index (χ0v) is 11.0. The van der Waals surface area contributed by atoms with Crippen molar-refractivity contribution in [2.75, 3.05) is 23.3 Å². The largest absolute Gasteiger partial charge is 1.00 e. The third-order valence-corrected chi connectivity index (χ3v) is 3.52. The van der Waals surface area contributed by atoms with E-state index in [4.69, 9.17) is 0 Å². The van der Waals surface area contributed by atoms with Crippen molar-refractivity contribution < 1.29 is 33.6 Å². The molecule has 0 aromatic heterocycles. The molecule has 1 atom stereocenters. The van der Waals surface area contributed by atoms with Crippen molar-refractivity contribution in [3.63, 3.8) is 0 Å². The van der Waals surface area contributed by atoms with Gasteiger partial charge in [0.1, 0.15) is 0 Å². The van der Waals surface area contributed by atoms with Crippen LogP contribution in [0.25, 0.3) is 0 Å². The average Bonchev–Trinajstić information content (AvgIpc) is 2.55. The van der Waals surface area contributed by atoms with Crippen LogP contribution in [0.3, 0.4) is 0 Å². The molecular formula is C13H13LiN2O3. The summed E-state index contributed by atoms with van der Waals surface area (Å²) in [5.41, 5.74) is 3.82. The molecule has 0 aliphatic carbocycles. The summed E-state index contributed by atoms with van der Waals surface area (Å²) in [6, 6.07) is 3.91. The van der Waals surface area contributed by atoms with E-state index in [1.54, 1.807) is 4.90 Å². The summed E-state index contributed by atoms with van der Waals surface area (Å²) in [6.45, 7) is 2.38. The van der Waals surface area contributed by atoms with E-state index < -0.39 is 5.97 Å². The number of carboxylic acid groups (broad SMARTS) is 1. The number of carboxylic acids is 1. The molecule has 5 nitrogen and oxygen atoms in total. The number of aliphatic carboxylic acids is 1. The third kappa shape index (κ3) is 2.36. The maximum Gasteiger partial charge on any atom is 1.00 e. The minimum atomic E-state index is -1.09. The van der Waals surface area contributed by atoms with E-state index in [0.29, 0.717) is 13.0 Å². The van der Waals surface area contributed by atoms with Crippen molar-refractivity contribution in [2.45, 2.75) is 19.3 Å². The second-order valence-electron chi connectivity index (χ2n) is 4.95. The molecule has 2 heterocycles.